The van der Waals surface area contributed by atoms with Crippen molar-refractivity contribution in [1.82, 2.24) is 0 Å². The first-order chi connectivity index (χ1) is 14.0. The molecule has 3 nitrogen and oxygen atoms in total. The second-order valence-corrected chi connectivity index (χ2v) is 9.87. The number of hydrogen-bond acceptors (Lipinski definition) is 2. The lowest BCUT2D eigenvalue weighted by Crippen LogP contribution is -2.41. The lowest BCUT2D eigenvalue weighted by Gasteiger charge is -2.30. The summed E-state index contributed by atoms with van der Waals surface area (Å²) in [7, 11) is 4.62. The Kier molecular flexibility index (Phi) is 20.3. The standard InChI is InChI=1S/C26H53NO2/c1-4-5-6-7-8-9-10-11-12-13-14-15-16-17-18-21-24-27(2,3)25-22-19-20-23-26(28)29/h4-25H2,1-3H3. The van der Waals surface area contributed by atoms with E-state index in [4.69, 9.17) is 0 Å². The molecule has 0 saturated carbocycles. The minimum Gasteiger partial charge on any atom is -0.550 e. The van der Waals surface area contributed by atoms with Crippen molar-refractivity contribution in [1.29, 1.82) is 0 Å². The highest BCUT2D eigenvalue weighted by atomic mass is 16.4. The third-order valence-corrected chi connectivity index (χ3v) is 6.26. The summed E-state index contributed by atoms with van der Waals surface area (Å²) in [5.74, 6) is -0.910. The van der Waals surface area contributed by atoms with Gasteiger partial charge in [-0.1, -0.05) is 96.8 Å². The van der Waals surface area contributed by atoms with Crippen LogP contribution in [0.25, 0.3) is 0 Å². The van der Waals surface area contributed by atoms with Crippen LogP contribution < -0.4 is 5.11 Å². The summed E-state index contributed by atoms with van der Waals surface area (Å²) in [6.45, 7) is 4.70. The van der Waals surface area contributed by atoms with Crippen molar-refractivity contribution in [3.63, 3.8) is 0 Å². The van der Waals surface area contributed by atoms with E-state index in [0.29, 0.717) is 0 Å². The zero-order valence-corrected chi connectivity index (χ0v) is 20.3. The summed E-state index contributed by atoms with van der Waals surface area (Å²) in [5.41, 5.74) is 0. The fourth-order valence-corrected chi connectivity index (χ4v) is 4.19. The van der Waals surface area contributed by atoms with Crippen molar-refractivity contribution in [2.45, 2.75) is 135 Å². The molecule has 0 bridgehead atoms. The van der Waals surface area contributed by atoms with Crippen molar-refractivity contribution in [3.8, 4) is 0 Å². The van der Waals surface area contributed by atoms with Gasteiger partial charge < -0.3 is 14.4 Å². The second kappa shape index (κ2) is 20.7. The van der Waals surface area contributed by atoms with Crippen molar-refractivity contribution in [3.05, 3.63) is 0 Å². The van der Waals surface area contributed by atoms with Gasteiger partial charge in [-0.15, -0.1) is 0 Å². The number of carbonyl (C=O) groups excluding carboxylic acids is 1. The Labute approximate surface area is 183 Å². The fourth-order valence-electron chi connectivity index (χ4n) is 4.19. The number of nitrogens with zero attached hydrogens (tertiary/aromatic N) is 1. The summed E-state index contributed by atoms with van der Waals surface area (Å²) in [6, 6.07) is 0. The fraction of sp³-hybridized carbons (Fsp3) is 0.962. The Balaban J connectivity index is 3.26. The van der Waals surface area contributed by atoms with Crippen molar-refractivity contribution in [2.24, 2.45) is 0 Å². The number of rotatable bonds is 23. The predicted octanol–water partition coefficient (Wildman–Crippen LogP) is 6.63. The number of carbonyl (C=O) groups is 1. The van der Waals surface area contributed by atoms with Crippen LogP contribution in [0.2, 0.25) is 0 Å². The number of quaternary nitrogens is 1. The van der Waals surface area contributed by atoms with Crippen molar-refractivity contribution < 1.29 is 14.4 Å². The van der Waals surface area contributed by atoms with Crippen molar-refractivity contribution in [2.75, 3.05) is 27.2 Å². The van der Waals surface area contributed by atoms with Gasteiger partial charge in [0.25, 0.3) is 0 Å². The quantitative estimate of drug-likeness (QED) is 0.140. The molecule has 0 spiro atoms. The first-order valence-electron chi connectivity index (χ1n) is 13.0. The van der Waals surface area contributed by atoms with E-state index in [2.05, 4.69) is 21.0 Å². The van der Waals surface area contributed by atoms with Crippen LogP contribution in [-0.2, 0) is 4.79 Å². The summed E-state index contributed by atoms with van der Waals surface area (Å²) < 4.78 is 1.07. The van der Waals surface area contributed by atoms with Crippen LogP contribution in [-0.4, -0.2) is 37.6 Å². The largest absolute Gasteiger partial charge is 0.550 e. The average Bonchev–Trinajstić information content (AvgIpc) is 2.67. The molecule has 0 aliphatic heterocycles. The van der Waals surface area contributed by atoms with E-state index < -0.39 is 5.97 Å². The van der Waals surface area contributed by atoms with Crippen LogP contribution in [0.1, 0.15) is 135 Å². The van der Waals surface area contributed by atoms with Crippen LogP contribution in [0.3, 0.4) is 0 Å². The molecule has 0 aromatic heterocycles. The van der Waals surface area contributed by atoms with E-state index in [1.165, 1.54) is 109 Å². The van der Waals surface area contributed by atoms with Gasteiger partial charge in [0.1, 0.15) is 0 Å². The molecule has 0 rings (SSSR count). The number of unbranched alkanes of at least 4 members (excludes halogenated alkanes) is 17. The number of hydrogen-bond donors (Lipinski definition) is 0. The molecule has 0 aromatic rings. The zero-order valence-electron chi connectivity index (χ0n) is 20.3. The van der Waals surface area contributed by atoms with E-state index in [1.807, 2.05) is 0 Å². The molecule has 0 radical (unpaired) electrons. The summed E-state index contributed by atoms with van der Waals surface area (Å²) in [6.07, 6.45) is 25.8. The summed E-state index contributed by atoms with van der Waals surface area (Å²) >= 11 is 0. The van der Waals surface area contributed by atoms with E-state index in [1.54, 1.807) is 0 Å². The molecule has 0 aliphatic rings. The first-order valence-corrected chi connectivity index (χ1v) is 13.0. The van der Waals surface area contributed by atoms with Crippen molar-refractivity contribution >= 4 is 5.97 Å². The van der Waals surface area contributed by atoms with Gasteiger partial charge in [0.05, 0.1) is 27.2 Å². The van der Waals surface area contributed by atoms with Gasteiger partial charge in [0.15, 0.2) is 0 Å². The van der Waals surface area contributed by atoms with E-state index in [9.17, 15) is 9.90 Å². The molecule has 0 heterocycles. The summed E-state index contributed by atoms with van der Waals surface area (Å²) in [5, 5.41) is 10.4. The van der Waals surface area contributed by atoms with Crippen LogP contribution in [0.5, 0.6) is 0 Å². The van der Waals surface area contributed by atoms with Crippen LogP contribution >= 0.6 is 0 Å². The highest BCUT2D eigenvalue weighted by molar-refractivity contribution is 5.63. The third-order valence-electron chi connectivity index (χ3n) is 6.26. The molecule has 0 saturated heterocycles. The van der Waals surface area contributed by atoms with Crippen LogP contribution in [0.4, 0.5) is 0 Å². The van der Waals surface area contributed by atoms with Crippen LogP contribution in [0, 0.1) is 0 Å². The molecule has 0 fully saturated rings. The molecule has 0 aliphatic carbocycles. The second-order valence-electron chi connectivity index (χ2n) is 9.87. The van der Waals surface area contributed by atoms with Gasteiger partial charge in [-0.25, -0.2) is 0 Å². The minimum absolute atomic E-state index is 0.215. The average molecular weight is 412 g/mol. The molecule has 29 heavy (non-hydrogen) atoms. The Morgan fingerprint density at radius 2 is 0.862 bits per heavy atom. The van der Waals surface area contributed by atoms with Gasteiger partial charge in [-0.3, -0.25) is 0 Å². The molecule has 0 atom stereocenters. The molecule has 0 aromatic carbocycles. The minimum atomic E-state index is -0.910. The lowest BCUT2D eigenvalue weighted by molar-refractivity contribution is -0.890. The highest BCUT2D eigenvalue weighted by Crippen LogP contribution is 2.14. The smallest absolute Gasteiger partial charge is 0.0782 e. The van der Waals surface area contributed by atoms with Gasteiger partial charge in [0.2, 0.25) is 0 Å². The molecular weight excluding hydrogens is 358 g/mol. The van der Waals surface area contributed by atoms with Gasteiger partial charge in [0, 0.05) is 5.97 Å². The van der Waals surface area contributed by atoms with E-state index in [0.717, 1.165) is 30.3 Å². The maximum atomic E-state index is 10.4. The van der Waals surface area contributed by atoms with Crippen LogP contribution in [0.15, 0.2) is 0 Å². The van der Waals surface area contributed by atoms with E-state index >= 15 is 0 Å². The van der Waals surface area contributed by atoms with E-state index in [-0.39, 0.29) is 6.42 Å². The Morgan fingerprint density at radius 1 is 0.552 bits per heavy atom. The van der Waals surface area contributed by atoms with Gasteiger partial charge in [-0.2, -0.15) is 0 Å². The third kappa shape index (κ3) is 23.6. The molecule has 0 amide bonds. The number of carboxylic acid groups (broad SMARTS) is 1. The zero-order chi connectivity index (χ0) is 21.6. The maximum absolute atomic E-state index is 10.4. The molecular formula is C26H53NO2. The topological polar surface area (TPSA) is 40.1 Å². The number of carboxylic acids is 1. The Morgan fingerprint density at radius 3 is 1.21 bits per heavy atom. The monoisotopic (exact) mass is 411 g/mol. The van der Waals surface area contributed by atoms with Gasteiger partial charge >= 0.3 is 0 Å². The van der Waals surface area contributed by atoms with Gasteiger partial charge in [-0.05, 0) is 38.5 Å². The highest BCUT2D eigenvalue weighted by Gasteiger charge is 2.13. The molecule has 174 valence electrons. The lowest BCUT2D eigenvalue weighted by atomic mass is 10.0. The molecule has 0 N–H and O–H groups in total. The number of aliphatic carboxylic acids is 1. The Bertz CT molecular complexity index is 355. The summed E-state index contributed by atoms with van der Waals surface area (Å²) in [4.78, 5) is 10.4. The first kappa shape index (κ1) is 28.4. The SMILES string of the molecule is CCCCCCCCCCCCCCCCCC[N+](C)(C)CCCCCC(=O)[O-]. The predicted molar refractivity (Wildman–Crippen MR) is 125 cm³/mol. The Hall–Kier alpha value is -0.570. The molecule has 3 heteroatoms. The maximum Gasteiger partial charge on any atom is 0.0782 e. The normalized spacial score (nSPS) is 11.8. The molecule has 0 unspecified atom stereocenters.